The van der Waals surface area contributed by atoms with Gasteiger partial charge in [0, 0.05) is 13.2 Å². The summed E-state index contributed by atoms with van der Waals surface area (Å²) in [6.45, 7) is 2.40. The van der Waals surface area contributed by atoms with Gasteiger partial charge in [-0.25, -0.2) is 0 Å². The molecule has 0 aliphatic rings. The topological polar surface area (TPSA) is 66.8 Å². The number of rotatable bonds is 7. The second kappa shape index (κ2) is 7.06. The first-order valence-electron chi connectivity index (χ1n) is 4.15. The molecular weight excluding hydrogens is 160 g/mol. The average molecular weight is 176 g/mol. The standard InChI is InChI=1S/C8H16O4/c1-2-7(6-8(10)11)12-5-3-4-9/h7,9H,2-6H2,1H3,(H,10,11). The Bertz CT molecular complexity index is 124. The molecule has 0 aliphatic heterocycles. The molecule has 0 rings (SSSR count). The molecule has 1 atom stereocenters. The van der Waals surface area contributed by atoms with Crippen molar-refractivity contribution in [1.82, 2.24) is 0 Å². The number of carbonyl (C=O) groups is 1. The molecule has 0 heterocycles. The third kappa shape index (κ3) is 6.12. The first-order chi connectivity index (χ1) is 5.70. The molecule has 0 aromatic heterocycles. The highest BCUT2D eigenvalue weighted by atomic mass is 16.5. The quantitative estimate of drug-likeness (QED) is 0.558. The molecular formula is C8H16O4. The molecule has 4 nitrogen and oxygen atoms in total. The third-order valence-corrected chi connectivity index (χ3v) is 1.51. The van der Waals surface area contributed by atoms with E-state index >= 15 is 0 Å². The van der Waals surface area contributed by atoms with E-state index in [0.717, 1.165) is 0 Å². The molecule has 12 heavy (non-hydrogen) atoms. The van der Waals surface area contributed by atoms with E-state index in [2.05, 4.69) is 0 Å². The van der Waals surface area contributed by atoms with Crippen LogP contribution in [-0.2, 0) is 9.53 Å². The summed E-state index contributed by atoms with van der Waals surface area (Å²) in [7, 11) is 0. The molecule has 0 aromatic carbocycles. The van der Waals surface area contributed by atoms with Crippen molar-refractivity contribution in [3.8, 4) is 0 Å². The minimum absolute atomic E-state index is 0.0436. The van der Waals surface area contributed by atoms with Crippen LogP contribution in [0.25, 0.3) is 0 Å². The summed E-state index contributed by atoms with van der Waals surface area (Å²) in [5.74, 6) is -0.842. The second-order valence-corrected chi connectivity index (χ2v) is 2.58. The maximum Gasteiger partial charge on any atom is 0.305 e. The smallest absolute Gasteiger partial charge is 0.305 e. The van der Waals surface area contributed by atoms with Gasteiger partial charge in [0.15, 0.2) is 0 Å². The van der Waals surface area contributed by atoms with Gasteiger partial charge in [0.05, 0.1) is 12.5 Å². The summed E-state index contributed by atoms with van der Waals surface area (Å²) in [4.78, 5) is 10.3. The Morgan fingerprint density at radius 3 is 2.67 bits per heavy atom. The van der Waals surface area contributed by atoms with E-state index in [1.807, 2.05) is 6.92 Å². The van der Waals surface area contributed by atoms with Crippen LogP contribution in [0.5, 0.6) is 0 Å². The lowest BCUT2D eigenvalue weighted by Crippen LogP contribution is -2.17. The Morgan fingerprint density at radius 2 is 2.25 bits per heavy atom. The van der Waals surface area contributed by atoms with Crippen LogP contribution in [0.2, 0.25) is 0 Å². The highest BCUT2D eigenvalue weighted by Crippen LogP contribution is 2.03. The maximum atomic E-state index is 10.3. The fourth-order valence-electron chi connectivity index (χ4n) is 0.830. The van der Waals surface area contributed by atoms with Crippen molar-refractivity contribution >= 4 is 5.97 Å². The number of aliphatic carboxylic acids is 1. The summed E-state index contributed by atoms with van der Waals surface area (Å²) in [6.07, 6.45) is 1.09. The van der Waals surface area contributed by atoms with Crippen LogP contribution in [0.15, 0.2) is 0 Å². The van der Waals surface area contributed by atoms with Crippen LogP contribution >= 0.6 is 0 Å². The monoisotopic (exact) mass is 176 g/mol. The van der Waals surface area contributed by atoms with Crippen LogP contribution in [0, 0.1) is 0 Å². The number of carboxylic acid groups (broad SMARTS) is 1. The first kappa shape index (κ1) is 11.4. The Kier molecular flexibility index (Phi) is 6.70. The lowest BCUT2D eigenvalue weighted by molar-refractivity contribution is -0.140. The predicted molar refractivity (Wildman–Crippen MR) is 44.0 cm³/mol. The van der Waals surface area contributed by atoms with Crippen LogP contribution in [-0.4, -0.2) is 35.5 Å². The predicted octanol–water partition coefficient (Wildman–Crippen LogP) is 0.639. The van der Waals surface area contributed by atoms with Crippen molar-refractivity contribution in [3.05, 3.63) is 0 Å². The Labute approximate surface area is 72.2 Å². The molecule has 0 aliphatic carbocycles. The van der Waals surface area contributed by atoms with E-state index in [9.17, 15) is 4.79 Å². The number of carboxylic acids is 1. The van der Waals surface area contributed by atoms with Gasteiger partial charge in [0.25, 0.3) is 0 Å². The summed E-state index contributed by atoms with van der Waals surface area (Å²) in [5.41, 5.74) is 0. The van der Waals surface area contributed by atoms with Crippen LogP contribution in [0.1, 0.15) is 26.2 Å². The molecule has 0 amide bonds. The lowest BCUT2D eigenvalue weighted by atomic mass is 10.2. The molecule has 72 valence electrons. The zero-order chi connectivity index (χ0) is 9.40. The fraction of sp³-hybridized carbons (Fsp3) is 0.875. The third-order valence-electron chi connectivity index (χ3n) is 1.51. The SMILES string of the molecule is CCC(CC(=O)O)OCCCO. The van der Waals surface area contributed by atoms with Crippen molar-refractivity contribution in [2.75, 3.05) is 13.2 Å². The van der Waals surface area contributed by atoms with Gasteiger partial charge in [0.1, 0.15) is 0 Å². The lowest BCUT2D eigenvalue weighted by Gasteiger charge is -2.12. The van der Waals surface area contributed by atoms with Crippen molar-refractivity contribution in [2.45, 2.75) is 32.3 Å². The van der Waals surface area contributed by atoms with Gasteiger partial charge in [-0.15, -0.1) is 0 Å². The zero-order valence-electron chi connectivity index (χ0n) is 7.32. The van der Waals surface area contributed by atoms with Gasteiger partial charge in [-0.05, 0) is 12.8 Å². The van der Waals surface area contributed by atoms with Gasteiger partial charge in [0.2, 0.25) is 0 Å². The van der Waals surface area contributed by atoms with Crippen molar-refractivity contribution in [1.29, 1.82) is 0 Å². The zero-order valence-corrected chi connectivity index (χ0v) is 7.32. The fourth-order valence-corrected chi connectivity index (χ4v) is 0.830. The first-order valence-corrected chi connectivity index (χ1v) is 4.15. The van der Waals surface area contributed by atoms with Crippen LogP contribution < -0.4 is 0 Å². The van der Waals surface area contributed by atoms with Crippen LogP contribution in [0.3, 0.4) is 0 Å². The molecule has 0 saturated carbocycles. The number of hydrogen-bond donors (Lipinski definition) is 2. The molecule has 0 spiro atoms. The highest BCUT2D eigenvalue weighted by molar-refractivity contribution is 5.67. The summed E-state index contributed by atoms with van der Waals surface area (Å²) in [6, 6.07) is 0. The molecule has 0 bridgehead atoms. The number of aliphatic hydroxyl groups excluding tert-OH is 1. The molecule has 0 saturated heterocycles. The summed E-state index contributed by atoms with van der Waals surface area (Å²) < 4.78 is 5.20. The summed E-state index contributed by atoms with van der Waals surface area (Å²) in [5, 5.41) is 16.9. The van der Waals surface area contributed by atoms with E-state index in [-0.39, 0.29) is 19.1 Å². The Morgan fingerprint density at radius 1 is 1.58 bits per heavy atom. The number of hydrogen-bond acceptors (Lipinski definition) is 3. The summed E-state index contributed by atoms with van der Waals surface area (Å²) >= 11 is 0. The van der Waals surface area contributed by atoms with Crippen molar-refractivity contribution in [3.63, 3.8) is 0 Å². The molecule has 1 unspecified atom stereocenters. The van der Waals surface area contributed by atoms with Gasteiger partial charge in [-0.3, -0.25) is 4.79 Å². The minimum atomic E-state index is -0.842. The van der Waals surface area contributed by atoms with Gasteiger partial charge < -0.3 is 14.9 Å². The van der Waals surface area contributed by atoms with E-state index in [4.69, 9.17) is 14.9 Å². The van der Waals surface area contributed by atoms with Gasteiger partial charge >= 0.3 is 5.97 Å². The molecule has 2 N–H and O–H groups in total. The van der Waals surface area contributed by atoms with Crippen molar-refractivity contribution < 1.29 is 19.7 Å². The van der Waals surface area contributed by atoms with Gasteiger partial charge in [-0.2, -0.15) is 0 Å². The maximum absolute atomic E-state index is 10.3. The average Bonchev–Trinajstić information content (AvgIpc) is 2.02. The number of ether oxygens (including phenoxy) is 1. The van der Waals surface area contributed by atoms with E-state index in [1.165, 1.54) is 0 Å². The van der Waals surface area contributed by atoms with E-state index in [1.54, 1.807) is 0 Å². The van der Waals surface area contributed by atoms with Gasteiger partial charge in [-0.1, -0.05) is 6.92 Å². The Hall–Kier alpha value is -0.610. The largest absolute Gasteiger partial charge is 0.481 e. The minimum Gasteiger partial charge on any atom is -0.481 e. The molecule has 0 radical (unpaired) electrons. The van der Waals surface area contributed by atoms with Crippen LogP contribution in [0.4, 0.5) is 0 Å². The number of aliphatic hydroxyl groups is 1. The Balaban J connectivity index is 3.46. The van der Waals surface area contributed by atoms with Crippen molar-refractivity contribution in [2.24, 2.45) is 0 Å². The van der Waals surface area contributed by atoms with E-state index < -0.39 is 5.97 Å². The normalized spacial score (nSPS) is 12.8. The highest BCUT2D eigenvalue weighted by Gasteiger charge is 2.10. The molecule has 4 heteroatoms. The van der Waals surface area contributed by atoms with E-state index in [0.29, 0.717) is 19.4 Å². The second-order valence-electron chi connectivity index (χ2n) is 2.58. The molecule has 0 fully saturated rings. The molecule has 0 aromatic rings.